The van der Waals surface area contributed by atoms with E-state index in [-0.39, 0.29) is 5.91 Å². The minimum absolute atomic E-state index is 0.204. The van der Waals surface area contributed by atoms with Gasteiger partial charge in [-0.05, 0) is 49.6 Å². The molecule has 0 saturated heterocycles. The van der Waals surface area contributed by atoms with E-state index >= 15 is 0 Å². The molecule has 0 atom stereocenters. The molecule has 6 heteroatoms. The largest absolute Gasteiger partial charge is 0.298 e. The Morgan fingerprint density at radius 1 is 0.889 bits per heavy atom. The zero-order valence-electron chi connectivity index (χ0n) is 20.6. The molecule has 0 aliphatic carbocycles. The molecule has 5 aromatic rings. The highest BCUT2D eigenvalue weighted by Crippen LogP contribution is 2.33. The van der Waals surface area contributed by atoms with E-state index in [0.29, 0.717) is 16.6 Å². The number of aryl methyl sites for hydroxylation is 2. The van der Waals surface area contributed by atoms with E-state index in [1.165, 1.54) is 22.5 Å². The SMILES string of the molecule is Cc1ccc(-c2cc(C(=O)Nc3nc(-c4ccc(C(C)C)cc4)c(C)s3)c3cc(Br)ccc3n2)cc1. The van der Waals surface area contributed by atoms with E-state index < -0.39 is 0 Å². The molecule has 3 aromatic carbocycles. The Hall–Kier alpha value is -3.35. The van der Waals surface area contributed by atoms with E-state index in [1.807, 2.05) is 43.3 Å². The van der Waals surface area contributed by atoms with Crippen molar-refractivity contribution < 1.29 is 4.79 Å². The number of nitrogens with zero attached hydrogens (tertiary/aromatic N) is 2. The molecule has 0 bridgehead atoms. The molecule has 0 aliphatic heterocycles. The fourth-order valence-electron chi connectivity index (χ4n) is 4.17. The summed E-state index contributed by atoms with van der Waals surface area (Å²) in [4.78, 5) is 24.2. The highest BCUT2D eigenvalue weighted by molar-refractivity contribution is 9.10. The van der Waals surface area contributed by atoms with Crippen molar-refractivity contribution in [2.75, 3.05) is 5.32 Å². The molecule has 0 spiro atoms. The van der Waals surface area contributed by atoms with Crippen molar-refractivity contribution in [2.45, 2.75) is 33.6 Å². The van der Waals surface area contributed by atoms with E-state index in [0.717, 1.165) is 42.8 Å². The second-order valence-corrected chi connectivity index (χ2v) is 11.4. The molecule has 0 radical (unpaired) electrons. The molecule has 36 heavy (non-hydrogen) atoms. The van der Waals surface area contributed by atoms with Gasteiger partial charge in [-0.2, -0.15) is 0 Å². The first kappa shape index (κ1) is 24.3. The van der Waals surface area contributed by atoms with Crippen LogP contribution in [0.3, 0.4) is 0 Å². The van der Waals surface area contributed by atoms with E-state index in [9.17, 15) is 4.79 Å². The summed E-state index contributed by atoms with van der Waals surface area (Å²) in [6, 6.07) is 24.3. The number of hydrogen-bond donors (Lipinski definition) is 1. The summed E-state index contributed by atoms with van der Waals surface area (Å²) >= 11 is 5.02. The van der Waals surface area contributed by atoms with Gasteiger partial charge in [-0.25, -0.2) is 9.97 Å². The Labute approximate surface area is 223 Å². The maximum absolute atomic E-state index is 13.6. The Balaban J connectivity index is 1.50. The number of aromatic nitrogens is 2. The van der Waals surface area contributed by atoms with Gasteiger partial charge in [0.1, 0.15) is 0 Å². The van der Waals surface area contributed by atoms with Crippen LogP contribution < -0.4 is 5.32 Å². The predicted octanol–water partition coefficient (Wildman–Crippen LogP) is 8.78. The average molecular weight is 557 g/mol. The summed E-state index contributed by atoms with van der Waals surface area (Å²) in [6.07, 6.45) is 0. The van der Waals surface area contributed by atoms with Gasteiger partial charge in [0.05, 0.1) is 22.5 Å². The molecular weight excluding hydrogens is 530 g/mol. The first-order valence-electron chi connectivity index (χ1n) is 11.8. The zero-order valence-corrected chi connectivity index (χ0v) is 23.0. The lowest BCUT2D eigenvalue weighted by Gasteiger charge is -2.10. The van der Waals surface area contributed by atoms with Gasteiger partial charge in [0, 0.05) is 25.9 Å². The Kier molecular flexibility index (Phi) is 6.73. The fourth-order valence-corrected chi connectivity index (χ4v) is 5.36. The molecule has 5 rings (SSSR count). The number of fused-ring (bicyclic) bond motifs is 1. The van der Waals surface area contributed by atoms with E-state index in [4.69, 9.17) is 9.97 Å². The molecule has 2 heterocycles. The minimum atomic E-state index is -0.204. The van der Waals surface area contributed by atoms with E-state index in [2.05, 4.69) is 78.4 Å². The molecule has 4 nitrogen and oxygen atoms in total. The minimum Gasteiger partial charge on any atom is -0.298 e. The Morgan fingerprint density at radius 2 is 1.58 bits per heavy atom. The summed E-state index contributed by atoms with van der Waals surface area (Å²) in [5.74, 6) is 0.273. The number of amides is 1. The number of anilines is 1. The molecule has 180 valence electrons. The summed E-state index contributed by atoms with van der Waals surface area (Å²) in [6.45, 7) is 8.45. The van der Waals surface area contributed by atoms with Crippen LogP contribution >= 0.6 is 27.3 Å². The van der Waals surface area contributed by atoms with Gasteiger partial charge < -0.3 is 0 Å². The molecule has 1 amide bonds. The average Bonchev–Trinajstić information content (AvgIpc) is 3.23. The lowest BCUT2D eigenvalue weighted by molar-refractivity contribution is 0.102. The number of rotatable bonds is 5. The fraction of sp³-hybridized carbons (Fsp3) is 0.167. The Morgan fingerprint density at radius 3 is 2.28 bits per heavy atom. The summed E-state index contributed by atoms with van der Waals surface area (Å²) in [7, 11) is 0. The lowest BCUT2D eigenvalue weighted by atomic mass is 10.0. The number of pyridine rings is 1. The van der Waals surface area contributed by atoms with Crippen LogP contribution in [-0.2, 0) is 0 Å². The molecule has 0 aliphatic rings. The first-order chi connectivity index (χ1) is 17.3. The van der Waals surface area contributed by atoms with Crippen molar-refractivity contribution in [1.82, 2.24) is 9.97 Å². The van der Waals surface area contributed by atoms with Crippen LogP contribution in [-0.4, -0.2) is 15.9 Å². The number of carbonyl (C=O) groups is 1. The third-order valence-electron chi connectivity index (χ3n) is 6.23. The summed E-state index contributed by atoms with van der Waals surface area (Å²) in [5.41, 5.74) is 7.47. The second-order valence-electron chi connectivity index (χ2n) is 9.24. The number of carbonyl (C=O) groups excluding carboxylic acids is 1. The molecular formula is C30H26BrN3OS. The molecule has 0 unspecified atom stereocenters. The quantitative estimate of drug-likeness (QED) is 0.235. The predicted molar refractivity (Wildman–Crippen MR) is 154 cm³/mol. The van der Waals surface area contributed by atoms with Crippen molar-refractivity contribution in [3.63, 3.8) is 0 Å². The highest BCUT2D eigenvalue weighted by Gasteiger charge is 2.18. The van der Waals surface area contributed by atoms with Crippen molar-refractivity contribution >= 4 is 49.2 Å². The smallest absolute Gasteiger partial charge is 0.258 e. The zero-order chi connectivity index (χ0) is 25.4. The molecule has 0 saturated carbocycles. The van der Waals surface area contributed by atoms with E-state index in [1.54, 1.807) is 0 Å². The summed E-state index contributed by atoms with van der Waals surface area (Å²) < 4.78 is 0.895. The van der Waals surface area contributed by atoms with Gasteiger partial charge in [-0.3, -0.25) is 10.1 Å². The number of benzene rings is 3. The topological polar surface area (TPSA) is 54.9 Å². The lowest BCUT2D eigenvalue weighted by Crippen LogP contribution is -2.13. The number of hydrogen-bond acceptors (Lipinski definition) is 4. The number of halogens is 1. The van der Waals surface area contributed by atoms with Crippen LogP contribution in [0.25, 0.3) is 33.4 Å². The van der Waals surface area contributed by atoms with Crippen molar-refractivity contribution in [3.05, 3.63) is 98.8 Å². The van der Waals surface area contributed by atoms with Gasteiger partial charge >= 0.3 is 0 Å². The van der Waals surface area contributed by atoms with Crippen LogP contribution in [0.2, 0.25) is 0 Å². The van der Waals surface area contributed by atoms with Gasteiger partial charge in [0.2, 0.25) is 0 Å². The maximum Gasteiger partial charge on any atom is 0.258 e. The number of nitrogens with one attached hydrogen (secondary N) is 1. The normalized spacial score (nSPS) is 11.3. The Bertz CT molecular complexity index is 1570. The standard InChI is InChI=1S/C30H26BrN3OS/c1-17(2)20-9-11-22(12-10-20)28-19(4)36-30(33-28)34-29(35)25-16-27(21-7-5-18(3)6-8-21)32-26-14-13-23(31)15-24(25)26/h5-17H,1-4H3,(H,33,34,35). The van der Waals surface area contributed by atoms with Gasteiger partial charge in [-0.1, -0.05) is 83.9 Å². The van der Waals surface area contributed by atoms with Crippen molar-refractivity contribution in [3.8, 4) is 22.5 Å². The van der Waals surface area contributed by atoms with Gasteiger partial charge in [0.25, 0.3) is 5.91 Å². The van der Waals surface area contributed by atoms with Crippen LogP contribution in [0.4, 0.5) is 5.13 Å². The molecule has 0 fully saturated rings. The summed E-state index contributed by atoms with van der Waals surface area (Å²) in [5, 5.41) is 4.41. The molecule has 2 aromatic heterocycles. The third kappa shape index (κ3) is 4.97. The van der Waals surface area contributed by atoms with Crippen LogP contribution in [0.1, 0.15) is 46.1 Å². The van der Waals surface area contributed by atoms with Gasteiger partial charge in [-0.15, -0.1) is 11.3 Å². The number of thiazole rings is 1. The molecule has 1 N–H and O–H groups in total. The highest BCUT2D eigenvalue weighted by atomic mass is 79.9. The van der Waals surface area contributed by atoms with Crippen LogP contribution in [0, 0.1) is 13.8 Å². The maximum atomic E-state index is 13.6. The monoisotopic (exact) mass is 555 g/mol. The van der Waals surface area contributed by atoms with Gasteiger partial charge in [0.15, 0.2) is 5.13 Å². The second kappa shape index (κ2) is 9.96. The van der Waals surface area contributed by atoms with Crippen molar-refractivity contribution in [2.24, 2.45) is 0 Å². The third-order valence-corrected chi connectivity index (χ3v) is 7.61. The first-order valence-corrected chi connectivity index (χ1v) is 13.5. The van der Waals surface area contributed by atoms with Crippen LogP contribution in [0.15, 0.2) is 77.3 Å². The van der Waals surface area contributed by atoms with Crippen molar-refractivity contribution in [1.29, 1.82) is 0 Å². The van der Waals surface area contributed by atoms with Crippen LogP contribution in [0.5, 0.6) is 0 Å².